The van der Waals surface area contributed by atoms with E-state index in [1.807, 2.05) is 11.8 Å². The number of nitrogen functional groups attached to an aromatic ring is 1. The average Bonchev–Trinajstić information content (AvgIpc) is 2.99. The van der Waals surface area contributed by atoms with Gasteiger partial charge < -0.3 is 11.1 Å². The molecule has 0 radical (unpaired) electrons. The van der Waals surface area contributed by atoms with Crippen LogP contribution in [-0.2, 0) is 0 Å². The lowest BCUT2D eigenvalue weighted by molar-refractivity contribution is 0.991. The van der Waals surface area contributed by atoms with Gasteiger partial charge in [-0.1, -0.05) is 0 Å². The van der Waals surface area contributed by atoms with Gasteiger partial charge in [-0.3, -0.25) is 0 Å². The Bertz CT molecular complexity index is 320. The summed E-state index contributed by atoms with van der Waals surface area (Å²) in [6.07, 6.45) is 5.90. The summed E-state index contributed by atoms with van der Waals surface area (Å²) in [5, 5.41) is 4.66. The first-order valence-electron chi connectivity index (χ1n) is 5.30. The third-order valence-corrected chi connectivity index (χ3v) is 4.08. The molecule has 3 nitrogen and oxygen atoms in total. The molecule has 0 amide bonds. The summed E-state index contributed by atoms with van der Waals surface area (Å²) in [7, 11) is 0. The SMILES string of the molecule is CSCCCNc1snc(N)c1C1CC1. The molecule has 0 saturated heterocycles. The molecule has 1 aromatic heterocycles. The van der Waals surface area contributed by atoms with Gasteiger partial charge in [0.2, 0.25) is 0 Å². The molecular weight excluding hydrogens is 226 g/mol. The van der Waals surface area contributed by atoms with E-state index in [4.69, 9.17) is 5.73 Å². The maximum Gasteiger partial charge on any atom is 0.142 e. The van der Waals surface area contributed by atoms with Crippen molar-refractivity contribution in [1.82, 2.24) is 4.37 Å². The summed E-state index contributed by atoms with van der Waals surface area (Å²) in [5.41, 5.74) is 7.15. The lowest BCUT2D eigenvalue weighted by Crippen LogP contribution is -2.03. The summed E-state index contributed by atoms with van der Waals surface area (Å²) in [6, 6.07) is 0. The number of aromatic nitrogens is 1. The van der Waals surface area contributed by atoms with E-state index in [1.165, 1.54) is 47.1 Å². The van der Waals surface area contributed by atoms with Crippen LogP contribution in [0.15, 0.2) is 0 Å². The average molecular weight is 243 g/mol. The normalized spacial score (nSPS) is 15.5. The topological polar surface area (TPSA) is 50.9 Å². The molecule has 0 unspecified atom stereocenters. The van der Waals surface area contributed by atoms with Gasteiger partial charge in [0, 0.05) is 12.1 Å². The minimum atomic E-state index is 0.687. The summed E-state index contributed by atoms with van der Waals surface area (Å²) in [4.78, 5) is 0. The van der Waals surface area contributed by atoms with Gasteiger partial charge in [-0.15, -0.1) is 0 Å². The van der Waals surface area contributed by atoms with Crippen molar-refractivity contribution >= 4 is 34.1 Å². The minimum absolute atomic E-state index is 0.687. The molecule has 5 heteroatoms. The molecule has 1 fully saturated rings. The Morgan fingerprint density at radius 3 is 3.07 bits per heavy atom. The van der Waals surface area contributed by atoms with Crippen molar-refractivity contribution in [2.75, 3.05) is 29.6 Å². The van der Waals surface area contributed by atoms with Gasteiger partial charge in [-0.25, -0.2) is 0 Å². The number of hydrogen-bond donors (Lipinski definition) is 2. The highest BCUT2D eigenvalue weighted by Gasteiger charge is 2.30. The van der Waals surface area contributed by atoms with Crippen LogP contribution in [0.5, 0.6) is 0 Å². The van der Waals surface area contributed by atoms with Gasteiger partial charge in [0.1, 0.15) is 10.8 Å². The number of anilines is 2. The number of nitrogens with one attached hydrogen (secondary N) is 1. The fourth-order valence-electron chi connectivity index (χ4n) is 1.62. The highest BCUT2D eigenvalue weighted by molar-refractivity contribution is 7.98. The van der Waals surface area contributed by atoms with E-state index in [2.05, 4.69) is 15.9 Å². The second-order valence-corrected chi connectivity index (χ2v) is 5.62. The van der Waals surface area contributed by atoms with Crippen molar-refractivity contribution in [2.45, 2.75) is 25.2 Å². The van der Waals surface area contributed by atoms with E-state index in [-0.39, 0.29) is 0 Å². The minimum Gasteiger partial charge on any atom is -0.383 e. The van der Waals surface area contributed by atoms with E-state index in [0.717, 1.165) is 12.4 Å². The van der Waals surface area contributed by atoms with E-state index in [9.17, 15) is 0 Å². The van der Waals surface area contributed by atoms with Crippen molar-refractivity contribution in [3.05, 3.63) is 5.56 Å². The van der Waals surface area contributed by atoms with E-state index in [1.54, 1.807) is 0 Å². The standard InChI is InChI=1S/C10H17N3S2/c1-14-6-2-5-12-10-8(7-3-4-7)9(11)13-15-10/h7,12H,2-6H2,1H3,(H2,11,13). The molecule has 0 bridgehead atoms. The molecule has 3 N–H and O–H groups in total. The van der Waals surface area contributed by atoms with Crippen molar-refractivity contribution in [3.63, 3.8) is 0 Å². The first kappa shape index (κ1) is 11.1. The number of nitrogens with two attached hydrogens (primary N) is 1. The smallest absolute Gasteiger partial charge is 0.142 e. The zero-order valence-electron chi connectivity index (χ0n) is 8.95. The number of thioether (sulfide) groups is 1. The lowest BCUT2D eigenvalue weighted by Gasteiger charge is -2.05. The van der Waals surface area contributed by atoms with Gasteiger partial charge in [0.05, 0.1) is 0 Å². The van der Waals surface area contributed by atoms with Gasteiger partial charge in [-0.2, -0.15) is 16.1 Å². The van der Waals surface area contributed by atoms with Crippen molar-refractivity contribution < 1.29 is 0 Å². The molecule has 1 saturated carbocycles. The van der Waals surface area contributed by atoms with Crippen LogP contribution >= 0.6 is 23.3 Å². The third-order valence-electron chi connectivity index (χ3n) is 2.55. The molecule has 0 spiro atoms. The Balaban J connectivity index is 1.90. The van der Waals surface area contributed by atoms with Crippen LogP contribution in [-0.4, -0.2) is 22.9 Å². The van der Waals surface area contributed by atoms with Gasteiger partial charge in [0.25, 0.3) is 0 Å². The molecule has 1 aromatic rings. The quantitative estimate of drug-likeness (QED) is 0.754. The van der Waals surface area contributed by atoms with Crippen LogP contribution in [0.4, 0.5) is 10.8 Å². The monoisotopic (exact) mass is 243 g/mol. The molecule has 0 aromatic carbocycles. The number of hydrogen-bond acceptors (Lipinski definition) is 5. The Kier molecular flexibility index (Phi) is 3.75. The summed E-state index contributed by atoms with van der Waals surface area (Å²) in [5.74, 6) is 2.64. The molecule has 0 aliphatic heterocycles. The first-order chi connectivity index (χ1) is 7.33. The first-order valence-corrected chi connectivity index (χ1v) is 7.47. The van der Waals surface area contributed by atoms with Crippen LogP contribution in [0.2, 0.25) is 0 Å². The van der Waals surface area contributed by atoms with Crippen LogP contribution < -0.4 is 11.1 Å². The molecule has 15 heavy (non-hydrogen) atoms. The molecule has 2 rings (SSSR count). The molecule has 0 atom stereocenters. The molecular formula is C10H17N3S2. The Labute approximate surface area is 99.0 Å². The van der Waals surface area contributed by atoms with Gasteiger partial charge in [0.15, 0.2) is 0 Å². The fraction of sp³-hybridized carbons (Fsp3) is 0.700. The van der Waals surface area contributed by atoms with Gasteiger partial charge >= 0.3 is 0 Å². The fourth-order valence-corrected chi connectivity index (χ4v) is 2.88. The van der Waals surface area contributed by atoms with Crippen molar-refractivity contribution in [1.29, 1.82) is 0 Å². The second kappa shape index (κ2) is 5.07. The molecule has 84 valence electrons. The maximum atomic E-state index is 5.87. The molecule has 1 heterocycles. The summed E-state index contributed by atoms with van der Waals surface area (Å²) < 4.78 is 4.23. The Morgan fingerprint density at radius 2 is 2.40 bits per heavy atom. The van der Waals surface area contributed by atoms with Crippen molar-refractivity contribution in [3.8, 4) is 0 Å². The Hall–Kier alpha value is -0.420. The largest absolute Gasteiger partial charge is 0.383 e. The summed E-state index contributed by atoms with van der Waals surface area (Å²) >= 11 is 3.40. The number of nitrogens with zero attached hydrogens (tertiary/aromatic N) is 1. The highest BCUT2D eigenvalue weighted by Crippen LogP contribution is 2.47. The molecule has 1 aliphatic carbocycles. The molecule has 1 aliphatic rings. The van der Waals surface area contributed by atoms with E-state index >= 15 is 0 Å². The third kappa shape index (κ3) is 2.78. The second-order valence-electron chi connectivity index (χ2n) is 3.86. The van der Waals surface area contributed by atoms with Crippen LogP contribution in [0.25, 0.3) is 0 Å². The van der Waals surface area contributed by atoms with E-state index < -0.39 is 0 Å². The predicted molar refractivity (Wildman–Crippen MR) is 70.0 cm³/mol. The van der Waals surface area contributed by atoms with Crippen LogP contribution in [0.3, 0.4) is 0 Å². The van der Waals surface area contributed by atoms with Crippen molar-refractivity contribution in [2.24, 2.45) is 0 Å². The van der Waals surface area contributed by atoms with Gasteiger partial charge in [-0.05, 0) is 48.7 Å². The van der Waals surface area contributed by atoms with Crippen LogP contribution in [0, 0.1) is 0 Å². The van der Waals surface area contributed by atoms with E-state index in [0.29, 0.717) is 5.92 Å². The Morgan fingerprint density at radius 1 is 1.60 bits per heavy atom. The number of rotatable bonds is 6. The van der Waals surface area contributed by atoms with Crippen LogP contribution in [0.1, 0.15) is 30.7 Å². The predicted octanol–water partition coefficient (Wildman–Crippen LogP) is 2.77. The summed E-state index contributed by atoms with van der Waals surface area (Å²) in [6.45, 7) is 1.03. The zero-order chi connectivity index (χ0) is 10.7. The zero-order valence-corrected chi connectivity index (χ0v) is 10.6. The highest BCUT2D eigenvalue weighted by atomic mass is 32.2. The maximum absolute atomic E-state index is 5.87. The lowest BCUT2D eigenvalue weighted by atomic mass is 10.2.